The molecule has 0 rings (SSSR count). The summed E-state index contributed by atoms with van der Waals surface area (Å²) in [4.78, 5) is 26.9. The van der Waals surface area contributed by atoms with Crippen LogP contribution in [0.2, 0.25) is 0 Å². The summed E-state index contributed by atoms with van der Waals surface area (Å²) >= 11 is 0. The Kier molecular flexibility index (Phi) is 4.90. The highest BCUT2D eigenvalue weighted by Crippen LogP contribution is 2.23. The Balaban J connectivity index is 4.14. The van der Waals surface area contributed by atoms with Crippen molar-refractivity contribution in [2.45, 2.75) is 33.2 Å². The van der Waals surface area contributed by atoms with Crippen LogP contribution in [0, 0.1) is 5.41 Å². The first-order valence-corrected chi connectivity index (χ1v) is 4.12. The molecule has 0 heterocycles. The van der Waals surface area contributed by atoms with Gasteiger partial charge in [0.1, 0.15) is 0 Å². The van der Waals surface area contributed by atoms with E-state index in [0.717, 1.165) is 0 Å². The van der Waals surface area contributed by atoms with Crippen LogP contribution in [-0.4, -0.2) is 24.7 Å². The van der Waals surface area contributed by atoms with Crippen molar-refractivity contribution in [1.29, 1.82) is 0 Å². The zero-order valence-electron chi connectivity index (χ0n) is 8.20. The summed E-state index contributed by atoms with van der Waals surface area (Å²) in [6.07, 6.45) is 3.71. The number of hydrogen-bond acceptors (Lipinski definition) is 4. The minimum Gasteiger partial charge on any atom is -0.211 e. The lowest BCUT2D eigenvalue weighted by molar-refractivity contribution is 0.324. The number of isocyanates is 2. The molecule has 0 N–H and O–H groups in total. The van der Waals surface area contributed by atoms with Gasteiger partial charge in [-0.05, 0) is 18.8 Å². The van der Waals surface area contributed by atoms with Crippen molar-refractivity contribution < 1.29 is 9.59 Å². The van der Waals surface area contributed by atoms with Crippen molar-refractivity contribution in [3.8, 4) is 0 Å². The van der Waals surface area contributed by atoms with E-state index < -0.39 is 0 Å². The van der Waals surface area contributed by atoms with Crippen molar-refractivity contribution in [1.82, 2.24) is 0 Å². The fourth-order valence-corrected chi connectivity index (χ4v) is 1.25. The topological polar surface area (TPSA) is 58.9 Å². The second kappa shape index (κ2) is 5.41. The van der Waals surface area contributed by atoms with Crippen LogP contribution in [0.25, 0.3) is 0 Å². The molecule has 0 radical (unpaired) electrons. The summed E-state index contributed by atoms with van der Waals surface area (Å²) in [5.41, 5.74) is -0.128. The van der Waals surface area contributed by atoms with Gasteiger partial charge in [-0.1, -0.05) is 13.8 Å². The lowest BCUT2D eigenvalue weighted by Gasteiger charge is -2.22. The minimum atomic E-state index is -0.128. The van der Waals surface area contributed by atoms with E-state index in [2.05, 4.69) is 9.98 Å². The fraction of sp³-hybridized carbons (Fsp3) is 0.778. The van der Waals surface area contributed by atoms with Gasteiger partial charge in [-0.3, -0.25) is 0 Å². The summed E-state index contributed by atoms with van der Waals surface area (Å²) in [5, 5.41) is 0. The molecule has 0 aromatic heterocycles. The molecule has 1 atom stereocenters. The van der Waals surface area contributed by atoms with Crippen molar-refractivity contribution in [3.05, 3.63) is 0 Å². The first kappa shape index (κ1) is 11.8. The van der Waals surface area contributed by atoms with Gasteiger partial charge in [0, 0.05) is 0 Å². The Bertz CT molecular complexity index is 248. The molecule has 13 heavy (non-hydrogen) atoms. The van der Waals surface area contributed by atoms with E-state index in [1.807, 2.05) is 20.8 Å². The third kappa shape index (κ3) is 5.97. The van der Waals surface area contributed by atoms with E-state index in [0.29, 0.717) is 13.0 Å². The summed E-state index contributed by atoms with van der Waals surface area (Å²) in [6.45, 7) is 6.17. The zero-order valence-corrected chi connectivity index (χ0v) is 8.20. The molecule has 0 fully saturated rings. The molecule has 0 spiro atoms. The van der Waals surface area contributed by atoms with Crippen molar-refractivity contribution in [3.63, 3.8) is 0 Å². The van der Waals surface area contributed by atoms with E-state index in [1.54, 1.807) is 0 Å². The maximum absolute atomic E-state index is 9.94. The molecule has 0 aromatic carbocycles. The number of carbonyl (C=O) groups excluding carboxylic acids is 2. The maximum atomic E-state index is 9.94. The Morgan fingerprint density at radius 2 is 1.92 bits per heavy atom. The molecule has 4 heteroatoms. The number of aliphatic imine (C=N–C) groups is 2. The molecule has 0 amide bonds. The van der Waals surface area contributed by atoms with Crippen LogP contribution < -0.4 is 0 Å². The predicted molar refractivity (Wildman–Crippen MR) is 49.0 cm³/mol. The maximum Gasteiger partial charge on any atom is 0.235 e. The smallest absolute Gasteiger partial charge is 0.211 e. The van der Waals surface area contributed by atoms with E-state index in [-0.39, 0.29) is 11.5 Å². The molecule has 4 nitrogen and oxygen atoms in total. The van der Waals surface area contributed by atoms with E-state index >= 15 is 0 Å². The molecule has 0 aliphatic rings. The van der Waals surface area contributed by atoms with Crippen LogP contribution in [0.3, 0.4) is 0 Å². The highest BCUT2D eigenvalue weighted by atomic mass is 16.1. The Labute approximate surface area is 77.8 Å². The van der Waals surface area contributed by atoms with Gasteiger partial charge >= 0.3 is 0 Å². The summed E-state index contributed by atoms with van der Waals surface area (Å²) in [5.74, 6) is 0. The fourth-order valence-electron chi connectivity index (χ4n) is 1.25. The standard InChI is InChI=1S/C9H14N2O2/c1-8(11-7-13)4-9(2,3)5-10-6-12/h8H,4-5H2,1-3H3. The van der Waals surface area contributed by atoms with Gasteiger partial charge in [0.25, 0.3) is 0 Å². The third-order valence-corrected chi connectivity index (χ3v) is 1.69. The quantitative estimate of drug-likeness (QED) is 0.477. The van der Waals surface area contributed by atoms with Gasteiger partial charge in [0.15, 0.2) is 0 Å². The first-order chi connectivity index (χ1) is 6.02. The van der Waals surface area contributed by atoms with Gasteiger partial charge in [-0.2, -0.15) is 0 Å². The van der Waals surface area contributed by atoms with E-state index in [1.165, 1.54) is 12.2 Å². The zero-order chi connectivity index (χ0) is 10.3. The molecule has 0 aliphatic heterocycles. The van der Waals surface area contributed by atoms with E-state index in [9.17, 15) is 9.59 Å². The van der Waals surface area contributed by atoms with Crippen LogP contribution in [0.5, 0.6) is 0 Å². The SMILES string of the molecule is CC(CC(C)(C)CN=C=O)N=C=O. The van der Waals surface area contributed by atoms with Gasteiger partial charge in [0.2, 0.25) is 12.2 Å². The van der Waals surface area contributed by atoms with Gasteiger partial charge in [0.05, 0.1) is 12.6 Å². The lowest BCUT2D eigenvalue weighted by Crippen LogP contribution is -2.20. The molecule has 0 aliphatic carbocycles. The van der Waals surface area contributed by atoms with Crippen LogP contribution in [0.15, 0.2) is 9.98 Å². The molecular weight excluding hydrogens is 168 g/mol. The van der Waals surface area contributed by atoms with E-state index in [4.69, 9.17) is 0 Å². The highest BCUT2D eigenvalue weighted by Gasteiger charge is 2.20. The van der Waals surface area contributed by atoms with Crippen LogP contribution in [0.1, 0.15) is 27.2 Å². The number of rotatable bonds is 5. The molecule has 0 saturated heterocycles. The average molecular weight is 182 g/mol. The predicted octanol–water partition coefficient (Wildman–Crippen LogP) is 1.46. The van der Waals surface area contributed by atoms with Crippen molar-refractivity contribution in [2.24, 2.45) is 15.4 Å². The third-order valence-electron chi connectivity index (χ3n) is 1.69. The number of hydrogen-bond donors (Lipinski definition) is 0. The Hall–Kier alpha value is -1.24. The molecule has 0 bridgehead atoms. The second-order valence-electron chi connectivity index (χ2n) is 3.85. The largest absolute Gasteiger partial charge is 0.235 e. The normalized spacial score (nSPS) is 12.5. The van der Waals surface area contributed by atoms with Crippen molar-refractivity contribution >= 4 is 12.2 Å². The monoisotopic (exact) mass is 182 g/mol. The van der Waals surface area contributed by atoms with Crippen LogP contribution >= 0.6 is 0 Å². The summed E-state index contributed by atoms with van der Waals surface area (Å²) < 4.78 is 0. The Morgan fingerprint density at radius 1 is 1.31 bits per heavy atom. The first-order valence-electron chi connectivity index (χ1n) is 4.12. The van der Waals surface area contributed by atoms with Gasteiger partial charge in [-0.25, -0.2) is 19.6 Å². The summed E-state index contributed by atoms with van der Waals surface area (Å²) in [6, 6.07) is -0.0747. The van der Waals surface area contributed by atoms with Gasteiger partial charge in [-0.15, -0.1) is 0 Å². The number of nitrogens with zero attached hydrogens (tertiary/aromatic N) is 2. The van der Waals surface area contributed by atoms with Crippen LogP contribution in [-0.2, 0) is 9.59 Å². The summed E-state index contributed by atoms with van der Waals surface area (Å²) in [7, 11) is 0. The molecule has 1 unspecified atom stereocenters. The average Bonchev–Trinajstić information content (AvgIpc) is 2.00. The van der Waals surface area contributed by atoms with Crippen LogP contribution in [0.4, 0.5) is 0 Å². The van der Waals surface area contributed by atoms with Gasteiger partial charge < -0.3 is 0 Å². The molecular formula is C9H14N2O2. The molecule has 0 saturated carbocycles. The molecule has 72 valence electrons. The highest BCUT2D eigenvalue weighted by molar-refractivity contribution is 5.33. The second-order valence-corrected chi connectivity index (χ2v) is 3.85. The Morgan fingerprint density at radius 3 is 2.38 bits per heavy atom. The van der Waals surface area contributed by atoms with Crippen molar-refractivity contribution in [2.75, 3.05) is 6.54 Å². The molecule has 0 aromatic rings. The minimum absolute atomic E-state index is 0.0747. The lowest BCUT2D eigenvalue weighted by atomic mass is 9.86.